The lowest BCUT2D eigenvalue weighted by atomic mass is 9.85. The van der Waals surface area contributed by atoms with Crippen LogP contribution in [0.1, 0.15) is 50.3 Å². The number of aromatic nitrogens is 3. The van der Waals surface area contributed by atoms with E-state index in [4.69, 9.17) is 5.73 Å². The molecule has 0 radical (unpaired) electrons. The fourth-order valence-corrected chi connectivity index (χ4v) is 3.67. The van der Waals surface area contributed by atoms with Gasteiger partial charge in [0.05, 0.1) is 0 Å². The van der Waals surface area contributed by atoms with E-state index in [0.717, 1.165) is 57.4 Å². The third-order valence-corrected chi connectivity index (χ3v) is 4.97. The summed E-state index contributed by atoms with van der Waals surface area (Å²) < 4.78 is 1.97. The number of hydrogen-bond donors (Lipinski definition) is 1. The number of amides is 1. The number of carbonyl (C=O) groups excluding carboxylic acids is 1. The molecule has 2 aliphatic rings. The smallest absolute Gasteiger partial charge is 0.225 e. The normalized spacial score (nSPS) is 30.4. The predicted octanol–water partition coefficient (Wildman–Crippen LogP) is 1.04. The second kappa shape index (κ2) is 6.13. The van der Waals surface area contributed by atoms with Crippen molar-refractivity contribution in [2.45, 2.75) is 50.5 Å². The highest BCUT2D eigenvalue weighted by atomic mass is 16.2. The van der Waals surface area contributed by atoms with Gasteiger partial charge >= 0.3 is 0 Å². The maximum absolute atomic E-state index is 12.7. The van der Waals surface area contributed by atoms with E-state index in [9.17, 15) is 4.79 Å². The Hall–Kier alpha value is -1.43. The van der Waals surface area contributed by atoms with Gasteiger partial charge in [-0.2, -0.15) is 0 Å². The molecule has 0 spiro atoms. The Labute approximate surface area is 125 Å². The summed E-state index contributed by atoms with van der Waals surface area (Å²) in [5, 5.41) is 8.17. The van der Waals surface area contributed by atoms with E-state index in [2.05, 4.69) is 10.2 Å². The van der Waals surface area contributed by atoms with Gasteiger partial charge < -0.3 is 15.2 Å². The van der Waals surface area contributed by atoms with Crippen LogP contribution >= 0.6 is 0 Å². The van der Waals surface area contributed by atoms with Gasteiger partial charge in [0.2, 0.25) is 5.91 Å². The van der Waals surface area contributed by atoms with Gasteiger partial charge in [-0.3, -0.25) is 4.79 Å². The van der Waals surface area contributed by atoms with Crippen LogP contribution in [-0.2, 0) is 11.8 Å². The Balaban J connectivity index is 1.63. The molecule has 0 aromatic carbocycles. The standard InChI is InChI=1S/C15H25N5O/c1-19-10-17-18-14(19)12-3-2-8-20(9-12)15(21)11-4-6-13(16)7-5-11/h10-13H,2-9,16H2,1H3. The van der Waals surface area contributed by atoms with E-state index in [1.807, 2.05) is 16.5 Å². The van der Waals surface area contributed by atoms with E-state index >= 15 is 0 Å². The van der Waals surface area contributed by atoms with Crippen molar-refractivity contribution >= 4 is 5.91 Å². The Morgan fingerprint density at radius 3 is 2.71 bits per heavy atom. The molecule has 2 N–H and O–H groups in total. The van der Waals surface area contributed by atoms with Gasteiger partial charge in [0.1, 0.15) is 12.2 Å². The number of hydrogen-bond acceptors (Lipinski definition) is 4. The number of nitrogens with two attached hydrogens (primary N) is 1. The number of aryl methyl sites for hydroxylation is 1. The van der Waals surface area contributed by atoms with Crippen LogP contribution in [0.3, 0.4) is 0 Å². The van der Waals surface area contributed by atoms with Gasteiger partial charge in [-0.25, -0.2) is 0 Å². The zero-order valence-electron chi connectivity index (χ0n) is 12.7. The molecule has 6 nitrogen and oxygen atoms in total. The molecule has 1 aromatic heterocycles. The number of nitrogens with zero attached hydrogens (tertiary/aromatic N) is 4. The Morgan fingerprint density at radius 2 is 2.05 bits per heavy atom. The summed E-state index contributed by atoms with van der Waals surface area (Å²) in [6.45, 7) is 1.67. The summed E-state index contributed by atoms with van der Waals surface area (Å²) in [5.41, 5.74) is 5.94. The van der Waals surface area contributed by atoms with Crippen LogP contribution in [0.4, 0.5) is 0 Å². The number of likely N-dealkylation sites (tertiary alicyclic amines) is 1. The second-order valence-corrected chi connectivity index (χ2v) is 6.54. The lowest BCUT2D eigenvalue weighted by Crippen LogP contribution is -2.44. The highest BCUT2D eigenvalue weighted by Gasteiger charge is 2.32. The summed E-state index contributed by atoms with van der Waals surface area (Å²) in [4.78, 5) is 14.7. The molecule has 3 rings (SSSR count). The summed E-state index contributed by atoms with van der Waals surface area (Å²) in [6.07, 6.45) is 7.74. The van der Waals surface area contributed by atoms with E-state index in [1.165, 1.54) is 0 Å². The van der Waals surface area contributed by atoms with Crippen LogP contribution in [-0.4, -0.2) is 44.7 Å². The Morgan fingerprint density at radius 1 is 1.29 bits per heavy atom. The number of piperidine rings is 1. The molecular formula is C15H25N5O. The molecule has 1 aliphatic heterocycles. The van der Waals surface area contributed by atoms with Crippen LogP contribution in [0.25, 0.3) is 0 Å². The molecule has 1 saturated heterocycles. The SMILES string of the molecule is Cn1cnnc1C1CCCN(C(=O)C2CCC(N)CC2)C1. The van der Waals surface area contributed by atoms with Gasteiger partial charge in [0.25, 0.3) is 0 Å². The lowest BCUT2D eigenvalue weighted by Gasteiger charge is -2.36. The third-order valence-electron chi connectivity index (χ3n) is 4.97. The molecule has 1 saturated carbocycles. The summed E-state index contributed by atoms with van der Waals surface area (Å²) in [5.74, 6) is 1.83. The minimum atomic E-state index is 0.183. The lowest BCUT2D eigenvalue weighted by molar-refractivity contribution is -0.137. The first-order chi connectivity index (χ1) is 10.1. The molecule has 1 atom stereocenters. The van der Waals surface area contributed by atoms with Gasteiger partial charge in [-0.1, -0.05) is 0 Å². The van der Waals surface area contributed by atoms with Gasteiger partial charge in [-0.15, -0.1) is 10.2 Å². The molecule has 21 heavy (non-hydrogen) atoms. The minimum Gasteiger partial charge on any atom is -0.342 e. The Bertz CT molecular complexity index is 492. The van der Waals surface area contributed by atoms with Crippen molar-refractivity contribution in [2.24, 2.45) is 18.7 Å². The second-order valence-electron chi connectivity index (χ2n) is 6.54. The van der Waals surface area contributed by atoms with Gasteiger partial charge in [0.15, 0.2) is 0 Å². The number of rotatable bonds is 2. The van der Waals surface area contributed by atoms with Crippen LogP contribution in [0, 0.1) is 5.92 Å². The van der Waals surface area contributed by atoms with Crippen LogP contribution in [0.2, 0.25) is 0 Å². The fraction of sp³-hybridized carbons (Fsp3) is 0.800. The number of carbonyl (C=O) groups is 1. The first-order valence-corrected chi connectivity index (χ1v) is 8.03. The molecule has 1 aromatic rings. The van der Waals surface area contributed by atoms with Crippen LogP contribution in [0.5, 0.6) is 0 Å². The average molecular weight is 291 g/mol. The maximum Gasteiger partial charge on any atom is 0.225 e. The van der Waals surface area contributed by atoms with Crippen molar-refractivity contribution in [1.82, 2.24) is 19.7 Å². The van der Waals surface area contributed by atoms with Crippen molar-refractivity contribution in [1.29, 1.82) is 0 Å². The molecule has 2 heterocycles. The molecule has 116 valence electrons. The van der Waals surface area contributed by atoms with Crippen molar-refractivity contribution in [3.8, 4) is 0 Å². The van der Waals surface area contributed by atoms with Crippen LogP contribution < -0.4 is 5.73 Å². The first-order valence-electron chi connectivity index (χ1n) is 8.03. The van der Waals surface area contributed by atoms with Crippen LogP contribution in [0.15, 0.2) is 6.33 Å². The average Bonchev–Trinajstić information content (AvgIpc) is 2.94. The van der Waals surface area contributed by atoms with Gasteiger partial charge in [0, 0.05) is 38.0 Å². The molecule has 1 unspecified atom stereocenters. The quantitative estimate of drug-likeness (QED) is 0.883. The van der Waals surface area contributed by atoms with E-state index in [0.29, 0.717) is 17.9 Å². The third kappa shape index (κ3) is 3.10. The van der Waals surface area contributed by atoms with Crippen molar-refractivity contribution < 1.29 is 4.79 Å². The fourth-order valence-electron chi connectivity index (χ4n) is 3.67. The molecule has 1 amide bonds. The summed E-state index contributed by atoms with van der Waals surface area (Å²) in [6, 6.07) is 0.293. The van der Waals surface area contributed by atoms with Crippen molar-refractivity contribution in [2.75, 3.05) is 13.1 Å². The highest BCUT2D eigenvalue weighted by Crippen LogP contribution is 2.29. The first kappa shape index (κ1) is 14.5. The van der Waals surface area contributed by atoms with Crippen molar-refractivity contribution in [3.63, 3.8) is 0 Å². The molecule has 0 bridgehead atoms. The molecule has 6 heteroatoms. The predicted molar refractivity (Wildman–Crippen MR) is 79.5 cm³/mol. The topological polar surface area (TPSA) is 77.0 Å². The molecule has 1 aliphatic carbocycles. The largest absolute Gasteiger partial charge is 0.342 e. The minimum absolute atomic E-state index is 0.183. The zero-order valence-corrected chi connectivity index (χ0v) is 12.7. The summed E-state index contributed by atoms with van der Waals surface area (Å²) >= 11 is 0. The zero-order chi connectivity index (χ0) is 14.8. The highest BCUT2D eigenvalue weighted by molar-refractivity contribution is 5.79. The van der Waals surface area contributed by atoms with Gasteiger partial charge in [-0.05, 0) is 38.5 Å². The van der Waals surface area contributed by atoms with Crippen molar-refractivity contribution in [3.05, 3.63) is 12.2 Å². The van der Waals surface area contributed by atoms with E-state index in [1.54, 1.807) is 6.33 Å². The maximum atomic E-state index is 12.7. The monoisotopic (exact) mass is 291 g/mol. The van der Waals surface area contributed by atoms with E-state index < -0.39 is 0 Å². The summed E-state index contributed by atoms with van der Waals surface area (Å²) in [7, 11) is 1.97. The Kier molecular flexibility index (Phi) is 4.24. The molecule has 2 fully saturated rings. The molecular weight excluding hydrogens is 266 g/mol. The van der Waals surface area contributed by atoms with E-state index in [-0.39, 0.29) is 5.92 Å².